The van der Waals surface area contributed by atoms with Gasteiger partial charge in [0.15, 0.2) is 0 Å². The van der Waals surface area contributed by atoms with E-state index in [-0.39, 0.29) is 17.9 Å². The zero-order chi connectivity index (χ0) is 22.1. The molecule has 4 nitrogen and oxygen atoms in total. The highest BCUT2D eigenvalue weighted by molar-refractivity contribution is 5.79. The van der Waals surface area contributed by atoms with Gasteiger partial charge in [0.25, 0.3) is 0 Å². The average molecular weight is 391 g/mol. The second-order valence-electron chi connectivity index (χ2n) is 7.47. The van der Waals surface area contributed by atoms with Crippen LogP contribution in [0.15, 0.2) is 22.9 Å². The molecule has 0 spiro atoms. The minimum absolute atomic E-state index is 0.0859. The van der Waals surface area contributed by atoms with Crippen LogP contribution in [-0.4, -0.2) is 17.9 Å². The highest BCUT2D eigenvalue weighted by atomic mass is 16.2. The van der Waals surface area contributed by atoms with Crippen molar-refractivity contribution in [1.29, 1.82) is 0 Å². The predicted octanol–water partition coefficient (Wildman–Crippen LogP) is 5.50. The smallest absolute Gasteiger partial charge is 0.224 e. The number of nitrogens with one attached hydrogen (secondary N) is 2. The van der Waals surface area contributed by atoms with Gasteiger partial charge in [-0.3, -0.25) is 9.59 Å². The zero-order valence-corrected chi connectivity index (χ0v) is 19.6. The quantitative estimate of drug-likeness (QED) is 0.403. The lowest BCUT2D eigenvalue weighted by molar-refractivity contribution is -0.122. The Kier molecular flexibility index (Phi) is 17.2. The molecule has 0 saturated heterocycles. The van der Waals surface area contributed by atoms with E-state index in [1.54, 1.807) is 6.92 Å². The lowest BCUT2D eigenvalue weighted by atomic mass is 10.0. The maximum Gasteiger partial charge on any atom is 0.224 e. The van der Waals surface area contributed by atoms with Gasteiger partial charge in [-0.15, -0.1) is 11.8 Å². The van der Waals surface area contributed by atoms with Crippen molar-refractivity contribution in [2.24, 2.45) is 5.92 Å². The van der Waals surface area contributed by atoms with Crippen molar-refractivity contribution in [3.8, 4) is 11.8 Å². The van der Waals surface area contributed by atoms with Crippen molar-refractivity contribution >= 4 is 11.8 Å². The van der Waals surface area contributed by atoms with Crippen molar-refractivity contribution in [3.05, 3.63) is 22.9 Å². The van der Waals surface area contributed by atoms with Crippen LogP contribution in [0.3, 0.4) is 0 Å². The van der Waals surface area contributed by atoms with E-state index in [1.807, 2.05) is 20.8 Å². The molecule has 160 valence electrons. The van der Waals surface area contributed by atoms with Crippen LogP contribution in [0.1, 0.15) is 94.4 Å². The third-order valence-corrected chi connectivity index (χ3v) is 3.97. The van der Waals surface area contributed by atoms with Gasteiger partial charge in [0.1, 0.15) is 0 Å². The summed E-state index contributed by atoms with van der Waals surface area (Å²) in [4.78, 5) is 22.8. The van der Waals surface area contributed by atoms with Crippen LogP contribution in [-0.2, 0) is 9.59 Å². The Bertz CT molecular complexity index is 587. The number of carbonyl (C=O) groups excluding carboxylic acids is 2. The molecule has 0 rings (SSSR count). The standard InChI is InChI=1S/C15H27NO.C9H15NO/c1-7-12(6)15(13(8-2)9-3)16-14(17)10-11(4)5;1-4-5-6-7-9(11)10-8(2)3/h8,11H,7,9-10H2,1-6H3,(H,16,17);8H,6-7H2,1-3H3,(H,10,11)/b13-8-,15-12-;. The van der Waals surface area contributed by atoms with Gasteiger partial charge < -0.3 is 10.6 Å². The number of rotatable bonds is 9. The summed E-state index contributed by atoms with van der Waals surface area (Å²) in [5.74, 6) is 6.19. The summed E-state index contributed by atoms with van der Waals surface area (Å²) in [6.45, 7) is 18.1. The van der Waals surface area contributed by atoms with Crippen LogP contribution in [0.4, 0.5) is 0 Å². The fourth-order valence-electron chi connectivity index (χ4n) is 2.42. The molecule has 0 aliphatic carbocycles. The van der Waals surface area contributed by atoms with Gasteiger partial charge in [0.05, 0.1) is 0 Å². The molecule has 0 unspecified atom stereocenters. The molecule has 0 aromatic heterocycles. The van der Waals surface area contributed by atoms with E-state index >= 15 is 0 Å². The molecule has 0 radical (unpaired) electrons. The SMILES string of the molecule is C/C=C(CC)\C(NC(=O)CC(C)C)=C(/C)CC.CC#CCCC(=O)NC(C)C. The van der Waals surface area contributed by atoms with E-state index in [9.17, 15) is 9.59 Å². The van der Waals surface area contributed by atoms with E-state index in [0.717, 1.165) is 18.5 Å². The molecule has 2 N–H and O–H groups in total. The van der Waals surface area contributed by atoms with Crippen LogP contribution >= 0.6 is 0 Å². The van der Waals surface area contributed by atoms with Crippen molar-refractivity contribution in [3.63, 3.8) is 0 Å². The number of hydrogen-bond donors (Lipinski definition) is 2. The van der Waals surface area contributed by atoms with Crippen molar-refractivity contribution in [2.75, 3.05) is 0 Å². The molecule has 0 fully saturated rings. The van der Waals surface area contributed by atoms with Gasteiger partial charge in [-0.2, -0.15) is 0 Å². The van der Waals surface area contributed by atoms with Crippen molar-refractivity contribution in [1.82, 2.24) is 10.6 Å². The summed E-state index contributed by atoms with van der Waals surface area (Å²) in [7, 11) is 0. The Labute approximate surface area is 173 Å². The predicted molar refractivity (Wildman–Crippen MR) is 121 cm³/mol. The first-order chi connectivity index (χ1) is 13.1. The van der Waals surface area contributed by atoms with Gasteiger partial charge in [-0.25, -0.2) is 0 Å². The largest absolute Gasteiger partial charge is 0.354 e. The highest BCUT2D eigenvalue weighted by Crippen LogP contribution is 2.18. The van der Waals surface area contributed by atoms with Gasteiger partial charge >= 0.3 is 0 Å². The highest BCUT2D eigenvalue weighted by Gasteiger charge is 2.11. The number of hydrogen-bond acceptors (Lipinski definition) is 2. The third-order valence-electron chi connectivity index (χ3n) is 3.97. The molecule has 0 heterocycles. The molecule has 0 aliphatic heterocycles. The molecule has 0 aromatic rings. The minimum Gasteiger partial charge on any atom is -0.354 e. The second kappa shape index (κ2) is 17.1. The first-order valence-electron chi connectivity index (χ1n) is 10.5. The molecular formula is C24H42N2O2. The summed E-state index contributed by atoms with van der Waals surface area (Å²) >= 11 is 0. The Morgan fingerprint density at radius 2 is 1.64 bits per heavy atom. The van der Waals surface area contributed by atoms with Crippen LogP contribution in [0.2, 0.25) is 0 Å². The molecular weight excluding hydrogens is 348 g/mol. The van der Waals surface area contributed by atoms with Crippen LogP contribution in [0.5, 0.6) is 0 Å². The number of amides is 2. The summed E-state index contributed by atoms with van der Waals surface area (Å²) in [5, 5.41) is 5.87. The van der Waals surface area contributed by atoms with Gasteiger partial charge in [-0.1, -0.05) is 33.8 Å². The van der Waals surface area contributed by atoms with E-state index in [2.05, 4.69) is 63.2 Å². The lowest BCUT2D eigenvalue weighted by Crippen LogP contribution is -2.29. The molecule has 28 heavy (non-hydrogen) atoms. The zero-order valence-electron chi connectivity index (χ0n) is 19.6. The van der Waals surface area contributed by atoms with Gasteiger partial charge in [0, 0.05) is 31.0 Å². The summed E-state index contributed by atoms with van der Waals surface area (Å²) in [6.07, 6.45) is 5.76. The Morgan fingerprint density at radius 3 is 2.04 bits per heavy atom. The molecule has 0 bridgehead atoms. The van der Waals surface area contributed by atoms with Crippen LogP contribution in [0.25, 0.3) is 0 Å². The average Bonchev–Trinajstić information content (AvgIpc) is 2.60. The minimum atomic E-state index is 0.0859. The van der Waals surface area contributed by atoms with Crippen molar-refractivity contribution < 1.29 is 9.59 Å². The summed E-state index contributed by atoms with van der Waals surface area (Å²) < 4.78 is 0. The Hall–Kier alpha value is -2.02. The molecule has 0 saturated carbocycles. The third kappa shape index (κ3) is 15.1. The fourth-order valence-corrected chi connectivity index (χ4v) is 2.42. The van der Waals surface area contributed by atoms with Crippen molar-refractivity contribution in [2.45, 2.75) is 100 Å². The molecule has 4 heteroatoms. The van der Waals surface area contributed by atoms with E-state index < -0.39 is 0 Å². The molecule has 2 amide bonds. The van der Waals surface area contributed by atoms with E-state index in [4.69, 9.17) is 0 Å². The fraction of sp³-hybridized carbons (Fsp3) is 0.667. The maximum atomic E-state index is 11.8. The van der Waals surface area contributed by atoms with Gasteiger partial charge in [-0.05, 0) is 64.5 Å². The second-order valence-corrected chi connectivity index (χ2v) is 7.47. The monoisotopic (exact) mass is 390 g/mol. The number of allylic oxidation sites excluding steroid dienone is 3. The lowest BCUT2D eigenvalue weighted by Gasteiger charge is -2.16. The first kappa shape index (κ1) is 28.2. The molecule has 0 aromatic carbocycles. The maximum absolute atomic E-state index is 11.8. The Morgan fingerprint density at radius 1 is 1.04 bits per heavy atom. The first-order valence-corrected chi connectivity index (χ1v) is 10.5. The van der Waals surface area contributed by atoms with Crippen LogP contribution < -0.4 is 10.6 Å². The van der Waals surface area contributed by atoms with E-state index in [0.29, 0.717) is 25.2 Å². The number of carbonyl (C=O) groups is 2. The Balaban J connectivity index is 0. The molecule has 0 aliphatic rings. The molecule has 0 atom stereocenters. The van der Waals surface area contributed by atoms with E-state index in [1.165, 1.54) is 11.1 Å². The van der Waals surface area contributed by atoms with Gasteiger partial charge in [0.2, 0.25) is 11.8 Å². The normalized spacial score (nSPS) is 11.8. The summed E-state index contributed by atoms with van der Waals surface area (Å²) in [6, 6.07) is 0.233. The summed E-state index contributed by atoms with van der Waals surface area (Å²) in [5.41, 5.74) is 3.50. The topological polar surface area (TPSA) is 58.2 Å². The van der Waals surface area contributed by atoms with Crippen LogP contribution in [0, 0.1) is 17.8 Å².